The molecule has 6 nitrogen and oxygen atoms in total. The highest BCUT2D eigenvalue weighted by Crippen LogP contribution is 2.36. The largest absolute Gasteiger partial charge is 0.444 e. The molecule has 194 valence electrons. The predicted octanol–water partition coefficient (Wildman–Crippen LogP) is 6.45. The van der Waals surface area contributed by atoms with Crippen LogP contribution in [0.3, 0.4) is 0 Å². The molecule has 1 aliphatic rings. The van der Waals surface area contributed by atoms with Crippen LogP contribution >= 0.6 is 0 Å². The molecule has 1 aliphatic carbocycles. The van der Waals surface area contributed by atoms with Gasteiger partial charge in [-0.2, -0.15) is 0 Å². The number of hydrogen-bond donors (Lipinski definition) is 1. The molecule has 34 heavy (non-hydrogen) atoms. The normalized spacial score (nSPS) is 20.6. The zero-order valence-corrected chi connectivity index (χ0v) is 23.6. The lowest BCUT2D eigenvalue weighted by atomic mass is 9.95. The van der Waals surface area contributed by atoms with E-state index in [0.717, 1.165) is 25.7 Å². The first-order valence-electron chi connectivity index (χ1n) is 12.7. The lowest BCUT2D eigenvalue weighted by Crippen LogP contribution is -2.49. The summed E-state index contributed by atoms with van der Waals surface area (Å²) >= 11 is 0. The second kappa shape index (κ2) is 12.5. The Balaban J connectivity index is 1.83. The Bertz CT molecular complexity index is 734. The zero-order chi connectivity index (χ0) is 25.4. The minimum atomic E-state index is -1.94. The topological polar surface area (TPSA) is 66.0 Å². The summed E-state index contributed by atoms with van der Waals surface area (Å²) in [6, 6.07) is 10.0. The molecule has 0 unspecified atom stereocenters. The van der Waals surface area contributed by atoms with Gasteiger partial charge in [0.2, 0.25) is 0 Å². The van der Waals surface area contributed by atoms with Crippen LogP contribution in [0.15, 0.2) is 30.3 Å². The zero-order valence-electron chi connectivity index (χ0n) is 22.6. The van der Waals surface area contributed by atoms with Crippen molar-refractivity contribution < 1.29 is 23.4 Å². The van der Waals surface area contributed by atoms with Crippen molar-refractivity contribution >= 4 is 14.4 Å². The number of alkyl carbamates (subject to hydrolysis) is 1. The van der Waals surface area contributed by atoms with Crippen molar-refractivity contribution in [1.82, 2.24) is 5.32 Å². The van der Waals surface area contributed by atoms with Gasteiger partial charge in [-0.05, 0) is 70.2 Å². The molecule has 0 radical (unpaired) electrons. The summed E-state index contributed by atoms with van der Waals surface area (Å²) in [6.45, 7) is 18.2. The highest BCUT2D eigenvalue weighted by Gasteiger charge is 2.38. The van der Waals surface area contributed by atoms with E-state index in [0.29, 0.717) is 19.8 Å². The first-order chi connectivity index (χ1) is 15.7. The van der Waals surface area contributed by atoms with Gasteiger partial charge in [0.05, 0.1) is 38.1 Å². The van der Waals surface area contributed by atoms with Gasteiger partial charge < -0.3 is 24.0 Å². The van der Waals surface area contributed by atoms with E-state index in [9.17, 15) is 4.79 Å². The maximum absolute atomic E-state index is 12.4. The van der Waals surface area contributed by atoms with E-state index in [-0.39, 0.29) is 23.3 Å². The highest BCUT2D eigenvalue weighted by molar-refractivity contribution is 6.74. The maximum atomic E-state index is 12.4. The number of hydrogen-bond acceptors (Lipinski definition) is 5. The minimum absolute atomic E-state index is 0.0997. The van der Waals surface area contributed by atoms with E-state index in [1.807, 2.05) is 39.0 Å². The maximum Gasteiger partial charge on any atom is 0.408 e. The van der Waals surface area contributed by atoms with Gasteiger partial charge in [-0.15, -0.1) is 0 Å². The second-order valence-electron chi connectivity index (χ2n) is 11.9. The number of rotatable bonds is 10. The van der Waals surface area contributed by atoms with Crippen LogP contribution in [-0.4, -0.2) is 51.5 Å². The Morgan fingerprint density at radius 1 is 0.941 bits per heavy atom. The van der Waals surface area contributed by atoms with Crippen LogP contribution < -0.4 is 5.32 Å². The van der Waals surface area contributed by atoms with Crippen molar-refractivity contribution in [2.24, 2.45) is 0 Å². The van der Waals surface area contributed by atoms with Gasteiger partial charge in [0.1, 0.15) is 5.60 Å². The van der Waals surface area contributed by atoms with Crippen LogP contribution in [0, 0.1) is 0 Å². The molecule has 1 amide bonds. The summed E-state index contributed by atoms with van der Waals surface area (Å²) in [4.78, 5) is 12.4. The molecule has 0 aromatic heterocycles. The summed E-state index contributed by atoms with van der Waals surface area (Å²) in [7, 11) is -1.94. The smallest absolute Gasteiger partial charge is 0.408 e. The monoisotopic (exact) mass is 493 g/mol. The van der Waals surface area contributed by atoms with E-state index >= 15 is 0 Å². The van der Waals surface area contributed by atoms with Gasteiger partial charge >= 0.3 is 6.09 Å². The van der Waals surface area contributed by atoms with Crippen LogP contribution in [0.25, 0.3) is 0 Å². The number of carbonyl (C=O) groups is 1. The summed E-state index contributed by atoms with van der Waals surface area (Å²) in [6.07, 6.45) is 3.91. The fourth-order valence-corrected chi connectivity index (χ4v) is 4.59. The third kappa shape index (κ3) is 10.5. The van der Waals surface area contributed by atoms with Crippen LogP contribution in [-0.2, 0) is 25.2 Å². The summed E-state index contributed by atoms with van der Waals surface area (Å²) in [5.74, 6) is 0. The molecule has 1 aromatic carbocycles. The molecule has 1 N–H and O–H groups in total. The van der Waals surface area contributed by atoms with Crippen molar-refractivity contribution in [2.45, 2.75) is 116 Å². The average Bonchev–Trinajstić information content (AvgIpc) is 2.73. The molecule has 7 heteroatoms. The molecule has 2 rings (SSSR count). The Morgan fingerprint density at radius 2 is 1.50 bits per heavy atom. The first-order valence-corrected chi connectivity index (χ1v) is 15.6. The minimum Gasteiger partial charge on any atom is -0.444 e. The van der Waals surface area contributed by atoms with Crippen LogP contribution in [0.1, 0.15) is 72.8 Å². The Kier molecular flexibility index (Phi) is 10.6. The van der Waals surface area contributed by atoms with Gasteiger partial charge in [0, 0.05) is 0 Å². The third-order valence-corrected chi connectivity index (χ3v) is 11.2. The van der Waals surface area contributed by atoms with Gasteiger partial charge in [-0.1, -0.05) is 51.1 Å². The molecule has 0 spiro atoms. The standard InChI is InChI=1S/C27H47NO5Si/c1-26(2,3)33-25(29)28-22(20-32-34(7,8)27(4,5)6)19-31-24-16-14-23(15-17-24)30-18-21-12-10-9-11-13-21/h9-13,22-24H,14-20H2,1-8H3,(H,28,29)/t22-,23-,24-/m1/s1. The molecule has 0 aliphatic heterocycles. The van der Waals surface area contributed by atoms with Gasteiger partial charge in [-0.25, -0.2) is 4.79 Å². The summed E-state index contributed by atoms with van der Waals surface area (Å²) in [5.41, 5.74) is 0.659. The van der Waals surface area contributed by atoms with E-state index in [4.69, 9.17) is 18.6 Å². The lowest BCUT2D eigenvalue weighted by Gasteiger charge is -2.37. The van der Waals surface area contributed by atoms with Crippen LogP contribution in [0.2, 0.25) is 18.1 Å². The highest BCUT2D eigenvalue weighted by atomic mass is 28.4. The van der Waals surface area contributed by atoms with E-state index < -0.39 is 20.0 Å². The molecular formula is C27H47NO5Si. The SMILES string of the molecule is CC(C)(C)OC(=O)N[C@@H](CO[Si](C)(C)C(C)(C)C)CO[C@H]1CC[C@H](OCc2ccccc2)CC1. The van der Waals surface area contributed by atoms with Crippen molar-refractivity contribution in [3.8, 4) is 0 Å². The molecule has 1 fully saturated rings. The van der Waals surface area contributed by atoms with E-state index in [2.05, 4.69) is 51.3 Å². The quantitative estimate of drug-likeness (QED) is 0.380. The molecule has 1 atom stereocenters. The van der Waals surface area contributed by atoms with Crippen LogP contribution in [0.5, 0.6) is 0 Å². The van der Waals surface area contributed by atoms with Crippen molar-refractivity contribution in [3.05, 3.63) is 35.9 Å². The van der Waals surface area contributed by atoms with E-state index in [1.165, 1.54) is 5.56 Å². The van der Waals surface area contributed by atoms with Gasteiger partial charge in [-0.3, -0.25) is 0 Å². The molecule has 0 saturated heterocycles. The Hall–Kier alpha value is -1.41. The fourth-order valence-electron chi connectivity index (χ4n) is 3.54. The third-order valence-electron chi connectivity index (χ3n) is 6.66. The Labute approximate surface area is 208 Å². The van der Waals surface area contributed by atoms with Crippen molar-refractivity contribution in [1.29, 1.82) is 0 Å². The molecule has 1 saturated carbocycles. The lowest BCUT2D eigenvalue weighted by molar-refractivity contribution is -0.0441. The average molecular weight is 494 g/mol. The number of ether oxygens (including phenoxy) is 3. The molecular weight excluding hydrogens is 446 g/mol. The van der Waals surface area contributed by atoms with Gasteiger partial charge in [0.15, 0.2) is 8.32 Å². The second-order valence-corrected chi connectivity index (χ2v) is 16.8. The van der Waals surface area contributed by atoms with Crippen LogP contribution in [0.4, 0.5) is 4.79 Å². The molecule has 1 aromatic rings. The Morgan fingerprint density at radius 3 is 2.03 bits per heavy atom. The number of benzene rings is 1. The summed E-state index contributed by atoms with van der Waals surface area (Å²) in [5, 5.41) is 3.07. The first kappa shape index (κ1) is 28.8. The fraction of sp³-hybridized carbons (Fsp3) is 0.741. The van der Waals surface area contributed by atoms with Crippen molar-refractivity contribution in [2.75, 3.05) is 13.2 Å². The predicted molar refractivity (Wildman–Crippen MR) is 140 cm³/mol. The van der Waals surface area contributed by atoms with Gasteiger partial charge in [0.25, 0.3) is 0 Å². The summed E-state index contributed by atoms with van der Waals surface area (Å²) < 4.78 is 24.2. The van der Waals surface area contributed by atoms with Crippen molar-refractivity contribution in [3.63, 3.8) is 0 Å². The number of carbonyl (C=O) groups excluding carboxylic acids is 1. The molecule has 0 heterocycles. The molecule has 0 bridgehead atoms. The number of amides is 1. The number of nitrogens with one attached hydrogen (secondary N) is 1. The van der Waals surface area contributed by atoms with E-state index in [1.54, 1.807) is 0 Å².